The van der Waals surface area contributed by atoms with Crippen molar-refractivity contribution < 1.29 is 24.3 Å². The number of likely N-dealkylation sites (tertiary alicyclic amines) is 1. The van der Waals surface area contributed by atoms with Gasteiger partial charge in [-0.1, -0.05) is 0 Å². The maximum Gasteiger partial charge on any atom is 0.326 e. The molecule has 10 nitrogen and oxygen atoms in total. The minimum absolute atomic E-state index is 0.0258. The van der Waals surface area contributed by atoms with Gasteiger partial charge in [0.25, 0.3) is 0 Å². The third-order valence-corrected chi connectivity index (χ3v) is 6.18. The Morgan fingerprint density at radius 2 is 1.84 bits per heavy atom. The van der Waals surface area contributed by atoms with Gasteiger partial charge in [-0.25, -0.2) is 4.79 Å². The summed E-state index contributed by atoms with van der Waals surface area (Å²) in [7, 11) is 0. The van der Waals surface area contributed by atoms with Crippen molar-refractivity contribution in [2.24, 2.45) is 11.5 Å². The molecule has 3 amide bonds. The monoisotopic (exact) mass is 477 g/mol. The van der Waals surface area contributed by atoms with Gasteiger partial charge in [0, 0.05) is 12.3 Å². The number of nitrogens with one attached hydrogen (secondary N) is 2. The molecule has 0 bridgehead atoms. The first-order valence-corrected chi connectivity index (χ1v) is 12.5. The highest BCUT2D eigenvalue weighted by molar-refractivity contribution is 7.98. The molecule has 0 aliphatic carbocycles. The van der Waals surface area contributed by atoms with Crippen molar-refractivity contribution in [1.82, 2.24) is 15.5 Å². The summed E-state index contributed by atoms with van der Waals surface area (Å²) in [4.78, 5) is 50.9. The van der Waals surface area contributed by atoms with Gasteiger partial charge in [0.1, 0.15) is 18.1 Å². The first-order valence-electron chi connectivity index (χ1n) is 10.5. The Hall–Kier alpha value is -1.50. The first kappa shape index (κ1) is 27.5. The van der Waals surface area contributed by atoms with Crippen molar-refractivity contribution in [2.45, 2.75) is 62.7 Å². The minimum atomic E-state index is -1.06. The van der Waals surface area contributed by atoms with Crippen LogP contribution in [0.5, 0.6) is 0 Å². The van der Waals surface area contributed by atoms with Crippen LogP contribution in [0.2, 0.25) is 0 Å². The molecule has 0 radical (unpaired) electrons. The Morgan fingerprint density at radius 3 is 2.42 bits per heavy atom. The molecule has 178 valence electrons. The lowest BCUT2D eigenvalue weighted by atomic mass is 10.1. The Bertz CT molecular complexity index is 624. The largest absolute Gasteiger partial charge is 0.480 e. The number of amides is 3. The van der Waals surface area contributed by atoms with E-state index in [1.165, 1.54) is 4.90 Å². The minimum Gasteiger partial charge on any atom is -0.480 e. The van der Waals surface area contributed by atoms with Crippen LogP contribution in [-0.2, 0) is 19.2 Å². The SMILES string of the molecule is CSCCC(N)C(=O)NC(CS)C(=O)NC(CCCCN)C(=O)N1CCCC1C(=O)O. The molecule has 1 aliphatic rings. The number of aliphatic carboxylic acids is 1. The summed E-state index contributed by atoms with van der Waals surface area (Å²) in [5, 5.41) is 14.6. The number of nitrogens with zero attached hydrogens (tertiary/aromatic N) is 1. The molecule has 12 heteroatoms. The normalized spacial score (nSPS) is 18.8. The van der Waals surface area contributed by atoms with Crippen LogP contribution in [0.15, 0.2) is 0 Å². The van der Waals surface area contributed by atoms with Gasteiger partial charge in [-0.3, -0.25) is 14.4 Å². The predicted octanol–water partition coefficient (Wildman–Crippen LogP) is -0.829. The molecule has 7 N–H and O–H groups in total. The third kappa shape index (κ3) is 8.87. The van der Waals surface area contributed by atoms with E-state index in [0.29, 0.717) is 57.4 Å². The van der Waals surface area contributed by atoms with Crippen molar-refractivity contribution in [3.8, 4) is 0 Å². The summed E-state index contributed by atoms with van der Waals surface area (Å²) in [5.74, 6) is -1.77. The van der Waals surface area contributed by atoms with Crippen LogP contribution in [0.3, 0.4) is 0 Å². The van der Waals surface area contributed by atoms with E-state index >= 15 is 0 Å². The van der Waals surface area contributed by atoms with Gasteiger partial charge >= 0.3 is 5.97 Å². The zero-order chi connectivity index (χ0) is 23.4. The van der Waals surface area contributed by atoms with Gasteiger partial charge in [-0.05, 0) is 57.1 Å². The molecule has 0 aromatic rings. The van der Waals surface area contributed by atoms with Crippen molar-refractivity contribution in [2.75, 3.05) is 30.9 Å². The molecule has 1 rings (SSSR count). The van der Waals surface area contributed by atoms with E-state index < -0.39 is 47.9 Å². The van der Waals surface area contributed by atoms with Crippen LogP contribution in [-0.4, -0.2) is 88.7 Å². The average Bonchev–Trinajstić information content (AvgIpc) is 3.24. The second-order valence-electron chi connectivity index (χ2n) is 7.51. The molecule has 1 fully saturated rings. The van der Waals surface area contributed by atoms with Crippen LogP contribution in [0.25, 0.3) is 0 Å². The fourth-order valence-electron chi connectivity index (χ4n) is 3.36. The lowest BCUT2D eigenvalue weighted by Crippen LogP contribution is -2.57. The summed E-state index contributed by atoms with van der Waals surface area (Å²) < 4.78 is 0. The third-order valence-electron chi connectivity index (χ3n) is 5.17. The number of carboxylic acid groups (broad SMARTS) is 1. The quantitative estimate of drug-likeness (QED) is 0.139. The molecule has 1 saturated heterocycles. The van der Waals surface area contributed by atoms with Crippen molar-refractivity contribution in [1.29, 1.82) is 0 Å². The van der Waals surface area contributed by atoms with Crippen LogP contribution in [0.1, 0.15) is 38.5 Å². The Labute approximate surface area is 193 Å². The van der Waals surface area contributed by atoms with Crippen molar-refractivity contribution in [3.05, 3.63) is 0 Å². The van der Waals surface area contributed by atoms with Gasteiger partial charge in [-0.2, -0.15) is 24.4 Å². The maximum atomic E-state index is 13.0. The first-order chi connectivity index (χ1) is 14.8. The van der Waals surface area contributed by atoms with Gasteiger partial charge in [0.2, 0.25) is 17.7 Å². The Morgan fingerprint density at radius 1 is 1.16 bits per heavy atom. The lowest BCUT2D eigenvalue weighted by Gasteiger charge is -2.28. The van der Waals surface area contributed by atoms with E-state index in [4.69, 9.17) is 11.5 Å². The average molecular weight is 478 g/mol. The highest BCUT2D eigenvalue weighted by atomic mass is 32.2. The number of hydrogen-bond acceptors (Lipinski definition) is 8. The highest BCUT2D eigenvalue weighted by Crippen LogP contribution is 2.20. The van der Waals surface area contributed by atoms with Crippen LogP contribution in [0, 0.1) is 0 Å². The molecule has 1 heterocycles. The summed E-state index contributed by atoms with van der Waals surface area (Å²) in [5.41, 5.74) is 11.4. The topological polar surface area (TPSA) is 168 Å². The molecular formula is C19H35N5O5S2. The summed E-state index contributed by atoms with van der Waals surface area (Å²) in [6, 6.07) is -3.50. The van der Waals surface area contributed by atoms with Gasteiger partial charge in [-0.15, -0.1) is 0 Å². The molecule has 31 heavy (non-hydrogen) atoms. The number of carbonyl (C=O) groups excluding carboxylic acids is 3. The number of unbranched alkanes of at least 4 members (excludes halogenated alkanes) is 1. The number of thioether (sulfide) groups is 1. The van der Waals surface area contributed by atoms with Crippen molar-refractivity contribution >= 4 is 48.1 Å². The van der Waals surface area contributed by atoms with E-state index in [1.54, 1.807) is 11.8 Å². The van der Waals surface area contributed by atoms with E-state index in [9.17, 15) is 24.3 Å². The number of nitrogens with two attached hydrogens (primary N) is 2. The van der Waals surface area contributed by atoms with E-state index in [2.05, 4.69) is 23.3 Å². The number of thiol groups is 1. The molecule has 0 aromatic carbocycles. The molecule has 4 unspecified atom stereocenters. The van der Waals surface area contributed by atoms with E-state index in [0.717, 1.165) is 0 Å². The Kier molecular flexibility index (Phi) is 12.9. The van der Waals surface area contributed by atoms with E-state index in [1.807, 2.05) is 6.26 Å². The van der Waals surface area contributed by atoms with Gasteiger partial charge in [0.15, 0.2) is 0 Å². The molecule has 0 spiro atoms. The second-order valence-corrected chi connectivity index (χ2v) is 8.86. The number of carbonyl (C=O) groups is 4. The second kappa shape index (κ2) is 14.5. The Balaban J connectivity index is 2.83. The molecule has 0 saturated carbocycles. The fourth-order valence-corrected chi connectivity index (χ4v) is 4.11. The van der Waals surface area contributed by atoms with Gasteiger partial charge in [0.05, 0.1) is 6.04 Å². The molecule has 1 aliphatic heterocycles. The smallest absolute Gasteiger partial charge is 0.326 e. The lowest BCUT2D eigenvalue weighted by molar-refractivity contribution is -0.149. The van der Waals surface area contributed by atoms with Crippen LogP contribution in [0.4, 0.5) is 0 Å². The standard InChI is InChI=1S/C19H35N5O5S2/c1-31-10-7-12(21)16(25)23-14(11-30)17(26)22-13(5-2-3-8-20)18(27)24-9-4-6-15(24)19(28)29/h12-15,30H,2-11,20-21H2,1H3,(H,22,26)(H,23,25)(H,28,29). The number of carboxylic acids is 1. The predicted molar refractivity (Wildman–Crippen MR) is 124 cm³/mol. The molecule has 4 atom stereocenters. The zero-order valence-electron chi connectivity index (χ0n) is 17.9. The maximum absolute atomic E-state index is 13.0. The van der Waals surface area contributed by atoms with Gasteiger partial charge < -0.3 is 32.1 Å². The highest BCUT2D eigenvalue weighted by Gasteiger charge is 2.38. The van der Waals surface area contributed by atoms with Crippen LogP contribution >= 0.6 is 24.4 Å². The zero-order valence-corrected chi connectivity index (χ0v) is 19.6. The number of hydrogen-bond donors (Lipinski definition) is 6. The van der Waals surface area contributed by atoms with Crippen molar-refractivity contribution in [3.63, 3.8) is 0 Å². The summed E-state index contributed by atoms with van der Waals surface area (Å²) in [6.07, 6.45) is 4.94. The summed E-state index contributed by atoms with van der Waals surface area (Å²) >= 11 is 5.71. The summed E-state index contributed by atoms with van der Waals surface area (Å²) in [6.45, 7) is 0.773. The molecule has 0 aromatic heterocycles. The van der Waals surface area contributed by atoms with E-state index in [-0.39, 0.29) is 5.75 Å². The number of rotatable bonds is 14. The van der Waals surface area contributed by atoms with Crippen LogP contribution < -0.4 is 22.1 Å². The fraction of sp³-hybridized carbons (Fsp3) is 0.789. The molecular weight excluding hydrogens is 442 g/mol.